The molecule has 0 bridgehead atoms. The minimum atomic E-state index is 0.192. The van der Waals surface area contributed by atoms with Crippen LogP contribution >= 0.6 is 0 Å². The molecule has 0 aliphatic rings. The van der Waals surface area contributed by atoms with Crippen LogP contribution in [0.5, 0.6) is 5.75 Å². The summed E-state index contributed by atoms with van der Waals surface area (Å²) in [5, 5.41) is 8.77. The fourth-order valence-corrected chi connectivity index (χ4v) is 1.42. The Labute approximate surface area is 97.0 Å². The van der Waals surface area contributed by atoms with E-state index in [1.165, 1.54) is 0 Å². The molecule has 16 heavy (non-hydrogen) atoms. The van der Waals surface area contributed by atoms with Gasteiger partial charge >= 0.3 is 0 Å². The van der Waals surface area contributed by atoms with Crippen molar-refractivity contribution < 1.29 is 14.6 Å². The number of hydrogen-bond donors (Lipinski definition) is 1. The highest BCUT2D eigenvalue weighted by atomic mass is 16.5. The van der Waals surface area contributed by atoms with Crippen molar-refractivity contribution in [3.63, 3.8) is 0 Å². The van der Waals surface area contributed by atoms with Crippen molar-refractivity contribution in [1.82, 2.24) is 0 Å². The van der Waals surface area contributed by atoms with Crippen LogP contribution in [0.25, 0.3) is 0 Å². The first kappa shape index (κ1) is 13.0. The third kappa shape index (κ3) is 5.14. The van der Waals surface area contributed by atoms with Crippen LogP contribution in [-0.4, -0.2) is 32.0 Å². The van der Waals surface area contributed by atoms with Gasteiger partial charge in [-0.05, 0) is 37.0 Å². The number of hydrogen-bond acceptors (Lipinski definition) is 3. The fourth-order valence-electron chi connectivity index (χ4n) is 1.42. The Morgan fingerprint density at radius 2 is 1.75 bits per heavy atom. The van der Waals surface area contributed by atoms with E-state index in [4.69, 9.17) is 14.6 Å². The van der Waals surface area contributed by atoms with Gasteiger partial charge in [-0.2, -0.15) is 0 Å². The summed E-state index contributed by atoms with van der Waals surface area (Å²) in [4.78, 5) is 0. The topological polar surface area (TPSA) is 38.7 Å². The van der Waals surface area contributed by atoms with Gasteiger partial charge in [0.25, 0.3) is 0 Å². The molecule has 90 valence electrons. The van der Waals surface area contributed by atoms with Gasteiger partial charge in [0.05, 0.1) is 6.61 Å². The van der Waals surface area contributed by atoms with E-state index in [1.807, 2.05) is 24.3 Å². The third-order valence-electron chi connectivity index (χ3n) is 2.34. The molecule has 0 saturated carbocycles. The summed E-state index contributed by atoms with van der Waals surface area (Å²) < 4.78 is 10.5. The molecule has 0 radical (unpaired) electrons. The van der Waals surface area contributed by atoms with Gasteiger partial charge in [0.2, 0.25) is 0 Å². The Morgan fingerprint density at radius 1 is 1.06 bits per heavy atom. The van der Waals surface area contributed by atoms with Crippen LogP contribution in [0.15, 0.2) is 24.3 Å². The van der Waals surface area contributed by atoms with Gasteiger partial charge in [0.15, 0.2) is 0 Å². The maximum absolute atomic E-state index is 8.77. The van der Waals surface area contributed by atoms with E-state index >= 15 is 0 Å². The molecular weight excluding hydrogens is 204 g/mol. The van der Waals surface area contributed by atoms with Gasteiger partial charge < -0.3 is 14.6 Å². The number of rotatable bonds is 8. The average Bonchev–Trinajstić information content (AvgIpc) is 2.31. The first-order chi connectivity index (χ1) is 7.86. The minimum absolute atomic E-state index is 0.192. The number of methoxy groups -OCH3 is 1. The molecule has 0 spiro atoms. The second-order valence-electron chi connectivity index (χ2n) is 3.67. The van der Waals surface area contributed by atoms with Gasteiger partial charge in [-0.1, -0.05) is 12.1 Å². The number of unbranched alkanes of at least 4 members (excludes halogenated alkanes) is 1. The van der Waals surface area contributed by atoms with Crippen LogP contribution in [-0.2, 0) is 11.2 Å². The van der Waals surface area contributed by atoms with Crippen LogP contribution in [0, 0.1) is 0 Å². The van der Waals surface area contributed by atoms with Gasteiger partial charge in [-0.25, -0.2) is 0 Å². The summed E-state index contributed by atoms with van der Waals surface area (Å²) in [6, 6.07) is 7.87. The molecule has 0 aromatic heterocycles. The average molecular weight is 224 g/mol. The van der Waals surface area contributed by atoms with Crippen LogP contribution in [0.3, 0.4) is 0 Å². The summed E-state index contributed by atoms with van der Waals surface area (Å²) in [6.07, 6.45) is 2.74. The summed E-state index contributed by atoms with van der Waals surface area (Å²) in [6.45, 7) is 1.71. The Kier molecular flexibility index (Phi) is 6.61. The monoisotopic (exact) mass is 224 g/mol. The zero-order chi connectivity index (χ0) is 11.6. The molecule has 3 nitrogen and oxygen atoms in total. The van der Waals surface area contributed by atoms with E-state index in [0.717, 1.165) is 37.4 Å². The lowest BCUT2D eigenvalue weighted by Gasteiger charge is -2.06. The molecule has 1 aromatic carbocycles. The van der Waals surface area contributed by atoms with Crippen molar-refractivity contribution in [3.05, 3.63) is 29.8 Å². The molecule has 3 heteroatoms. The van der Waals surface area contributed by atoms with Crippen LogP contribution < -0.4 is 4.74 Å². The van der Waals surface area contributed by atoms with E-state index in [2.05, 4.69) is 0 Å². The maximum Gasteiger partial charge on any atom is 0.119 e. The maximum atomic E-state index is 8.77. The standard InChI is InChI=1S/C13H20O3/c1-15-10-2-3-11-16-13-6-4-12(5-7-13)8-9-14/h4-7,14H,2-3,8-11H2,1H3. The van der Waals surface area contributed by atoms with E-state index in [1.54, 1.807) is 7.11 Å². The first-order valence-corrected chi connectivity index (χ1v) is 5.68. The lowest BCUT2D eigenvalue weighted by Crippen LogP contribution is -1.99. The number of aliphatic hydroxyl groups excluding tert-OH is 1. The second-order valence-corrected chi connectivity index (χ2v) is 3.67. The highest BCUT2D eigenvalue weighted by Crippen LogP contribution is 2.12. The molecule has 0 aliphatic carbocycles. The Balaban J connectivity index is 2.21. The zero-order valence-electron chi connectivity index (χ0n) is 9.82. The lowest BCUT2D eigenvalue weighted by molar-refractivity contribution is 0.184. The van der Waals surface area contributed by atoms with Crippen molar-refractivity contribution in [2.45, 2.75) is 19.3 Å². The van der Waals surface area contributed by atoms with Gasteiger partial charge in [0.1, 0.15) is 5.75 Å². The third-order valence-corrected chi connectivity index (χ3v) is 2.34. The predicted molar refractivity (Wildman–Crippen MR) is 63.8 cm³/mol. The molecule has 0 unspecified atom stereocenters. The summed E-state index contributed by atoms with van der Waals surface area (Å²) >= 11 is 0. The Bertz CT molecular complexity index is 269. The smallest absolute Gasteiger partial charge is 0.119 e. The summed E-state index contributed by atoms with van der Waals surface area (Å²) in [5.41, 5.74) is 1.13. The normalized spacial score (nSPS) is 10.4. The van der Waals surface area contributed by atoms with Crippen molar-refractivity contribution in [1.29, 1.82) is 0 Å². The van der Waals surface area contributed by atoms with E-state index in [9.17, 15) is 0 Å². The van der Waals surface area contributed by atoms with E-state index in [-0.39, 0.29) is 6.61 Å². The molecule has 0 aliphatic heterocycles. The molecule has 0 amide bonds. The molecule has 1 aromatic rings. The molecular formula is C13H20O3. The number of aliphatic hydroxyl groups is 1. The molecule has 0 atom stereocenters. The van der Waals surface area contributed by atoms with Crippen LogP contribution in [0.4, 0.5) is 0 Å². The largest absolute Gasteiger partial charge is 0.494 e. The van der Waals surface area contributed by atoms with Gasteiger partial charge in [-0.15, -0.1) is 0 Å². The lowest BCUT2D eigenvalue weighted by atomic mass is 10.1. The SMILES string of the molecule is COCCCCOc1ccc(CCO)cc1. The van der Waals surface area contributed by atoms with Gasteiger partial charge in [0, 0.05) is 20.3 Å². The first-order valence-electron chi connectivity index (χ1n) is 5.68. The molecule has 0 fully saturated rings. The Morgan fingerprint density at radius 3 is 2.38 bits per heavy atom. The second kappa shape index (κ2) is 8.13. The van der Waals surface area contributed by atoms with E-state index in [0.29, 0.717) is 6.42 Å². The van der Waals surface area contributed by atoms with Crippen molar-refractivity contribution in [2.75, 3.05) is 26.9 Å². The zero-order valence-corrected chi connectivity index (χ0v) is 9.82. The minimum Gasteiger partial charge on any atom is -0.494 e. The molecule has 1 N–H and O–H groups in total. The van der Waals surface area contributed by atoms with Crippen molar-refractivity contribution >= 4 is 0 Å². The number of benzene rings is 1. The highest BCUT2D eigenvalue weighted by Gasteiger charge is 1.95. The van der Waals surface area contributed by atoms with Gasteiger partial charge in [-0.3, -0.25) is 0 Å². The quantitative estimate of drug-likeness (QED) is 0.687. The predicted octanol–water partition coefficient (Wildman–Crippen LogP) is 2.03. The molecule has 0 heterocycles. The van der Waals surface area contributed by atoms with Crippen LogP contribution in [0.2, 0.25) is 0 Å². The number of ether oxygens (including phenoxy) is 2. The summed E-state index contributed by atoms with van der Waals surface area (Å²) in [5.74, 6) is 0.888. The highest BCUT2D eigenvalue weighted by molar-refractivity contribution is 5.27. The molecule has 1 rings (SSSR count). The Hall–Kier alpha value is -1.06. The van der Waals surface area contributed by atoms with Crippen molar-refractivity contribution in [2.24, 2.45) is 0 Å². The summed E-state index contributed by atoms with van der Waals surface area (Å²) in [7, 11) is 1.71. The van der Waals surface area contributed by atoms with Crippen molar-refractivity contribution in [3.8, 4) is 5.75 Å². The fraction of sp³-hybridized carbons (Fsp3) is 0.538. The van der Waals surface area contributed by atoms with E-state index < -0.39 is 0 Å². The molecule has 0 saturated heterocycles. The van der Waals surface area contributed by atoms with Crippen LogP contribution in [0.1, 0.15) is 18.4 Å².